The molecule has 0 spiro atoms. The number of ether oxygens (including phenoxy) is 1. The number of esters is 1. The number of nitrogens with zero attached hydrogens (tertiary/aromatic N) is 4. The van der Waals surface area contributed by atoms with E-state index in [1.54, 1.807) is 12.4 Å². The second-order valence-electron chi connectivity index (χ2n) is 4.58. The van der Waals surface area contributed by atoms with Gasteiger partial charge in [0.25, 0.3) is 0 Å². The number of hydrogen-bond donors (Lipinski definition) is 0. The van der Waals surface area contributed by atoms with Gasteiger partial charge in [0.1, 0.15) is 0 Å². The van der Waals surface area contributed by atoms with Crippen LogP contribution in [-0.4, -0.2) is 38.6 Å². The van der Waals surface area contributed by atoms with E-state index in [0.717, 1.165) is 11.3 Å². The fourth-order valence-electron chi connectivity index (χ4n) is 2.04. The fraction of sp³-hybridized carbons (Fsp3) is 0.125. The Morgan fingerprint density at radius 3 is 2.70 bits per heavy atom. The molecule has 0 N–H and O–H groups in total. The molecule has 7 heteroatoms. The molecule has 0 amide bonds. The molecule has 0 radical (unpaired) electrons. The van der Waals surface area contributed by atoms with Gasteiger partial charge in [-0.25, -0.2) is 0 Å². The number of carbonyl (C=O) groups is 1. The molecule has 0 unspecified atom stereocenters. The van der Waals surface area contributed by atoms with Gasteiger partial charge in [0.2, 0.25) is 0 Å². The van der Waals surface area contributed by atoms with Crippen LogP contribution in [0.2, 0.25) is 0 Å². The van der Waals surface area contributed by atoms with Crippen LogP contribution < -0.4 is 0 Å². The van der Waals surface area contributed by atoms with Crippen LogP contribution in [0, 0.1) is 0 Å². The summed E-state index contributed by atoms with van der Waals surface area (Å²) in [5.41, 5.74) is 1.78. The van der Waals surface area contributed by atoms with Crippen LogP contribution in [0.15, 0.2) is 60.0 Å². The van der Waals surface area contributed by atoms with Gasteiger partial charge in [-0.3, -0.25) is 14.3 Å². The van der Waals surface area contributed by atoms with Gasteiger partial charge in [0.15, 0.2) is 11.0 Å². The second kappa shape index (κ2) is 7.06. The predicted octanol–water partition coefficient (Wildman–Crippen LogP) is 2.59. The Balaban J connectivity index is 2.04. The minimum absolute atomic E-state index is 0.175. The number of pyridine rings is 1. The lowest BCUT2D eigenvalue weighted by Gasteiger charge is -2.09. The molecule has 3 aromatic rings. The number of para-hydroxylation sites is 1. The van der Waals surface area contributed by atoms with Crippen LogP contribution >= 0.6 is 11.8 Å². The average molecular weight is 326 g/mol. The van der Waals surface area contributed by atoms with Gasteiger partial charge in [-0.1, -0.05) is 30.0 Å². The van der Waals surface area contributed by atoms with E-state index >= 15 is 0 Å². The van der Waals surface area contributed by atoms with Crippen molar-refractivity contribution in [2.75, 3.05) is 12.9 Å². The van der Waals surface area contributed by atoms with E-state index in [-0.39, 0.29) is 11.7 Å². The average Bonchev–Trinajstić information content (AvgIpc) is 3.05. The smallest absolute Gasteiger partial charge is 0.316 e. The quantitative estimate of drug-likeness (QED) is 0.530. The van der Waals surface area contributed by atoms with Crippen molar-refractivity contribution in [3.8, 4) is 17.1 Å². The lowest BCUT2D eigenvalue weighted by molar-refractivity contribution is -0.137. The molecular weight excluding hydrogens is 312 g/mol. The minimum atomic E-state index is -0.305. The highest BCUT2D eigenvalue weighted by molar-refractivity contribution is 7.99. The summed E-state index contributed by atoms with van der Waals surface area (Å²) in [6, 6.07) is 13.5. The lowest BCUT2D eigenvalue weighted by atomic mass is 10.2. The van der Waals surface area contributed by atoms with Crippen LogP contribution in [0.1, 0.15) is 0 Å². The third-order valence-corrected chi connectivity index (χ3v) is 4.02. The van der Waals surface area contributed by atoms with E-state index in [1.165, 1.54) is 18.9 Å². The largest absolute Gasteiger partial charge is 0.468 e. The summed E-state index contributed by atoms with van der Waals surface area (Å²) < 4.78 is 6.59. The zero-order chi connectivity index (χ0) is 16.1. The molecule has 0 aliphatic heterocycles. The number of rotatable bonds is 5. The van der Waals surface area contributed by atoms with E-state index in [1.807, 2.05) is 47.0 Å². The molecule has 3 rings (SSSR count). The Labute approximate surface area is 137 Å². The first kappa shape index (κ1) is 15.2. The minimum Gasteiger partial charge on any atom is -0.468 e. The summed E-state index contributed by atoms with van der Waals surface area (Å²) >= 11 is 1.28. The van der Waals surface area contributed by atoms with Crippen molar-refractivity contribution in [1.82, 2.24) is 19.7 Å². The SMILES string of the molecule is COC(=O)CSc1nnc(-c2cccnc2)n1-c1ccccc1. The second-order valence-corrected chi connectivity index (χ2v) is 5.53. The first-order valence-electron chi connectivity index (χ1n) is 6.90. The van der Waals surface area contributed by atoms with Crippen LogP contribution in [0.3, 0.4) is 0 Å². The normalized spacial score (nSPS) is 10.5. The van der Waals surface area contributed by atoms with Crippen LogP contribution in [0.5, 0.6) is 0 Å². The van der Waals surface area contributed by atoms with Crippen molar-refractivity contribution in [2.45, 2.75) is 5.16 Å². The summed E-state index contributed by atoms with van der Waals surface area (Å²) in [4.78, 5) is 15.5. The van der Waals surface area contributed by atoms with E-state index in [9.17, 15) is 4.79 Å². The topological polar surface area (TPSA) is 69.9 Å². The summed E-state index contributed by atoms with van der Waals surface area (Å²) in [5, 5.41) is 9.11. The van der Waals surface area contributed by atoms with E-state index in [4.69, 9.17) is 0 Å². The molecule has 23 heavy (non-hydrogen) atoms. The van der Waals surface area contributed by atoms with Crippen molar-refractivity contribution in [2.24, 2.45) is 0 Å². The summed E-state index contributed by atoms with van der Waals surface area (Å²) in [7, 11) is 1.37. The summed E-state index contributed by atoms with van der Waals surface area (Å²) in [5.74, 6) is 0.548. The molecule has 0 fully saturated rings. The van der Waals surface area contributed by atoms with Gasteiger partial charge in [-0.05, 0) is 24.3 Å². The molecule has 0 atom stereocenters. The Morgan fingerprint density at radius 2 is 2.00 bits per heavy atom. The molecule has 1 aromatic carbocycles. The standard InChI is InChI=1S/C16H14N4O2S/c1-22-14(21)11-23-16-19-18-15(12-6-5-9-17-10-12)20(16)13-7-3-2-4-8-13/h2-10H,11H2,1H3. The number of hydrogen-bond acceptors (Lipinski definition) is 6. The van der Waals surface area contributed by atoms with Gasteiger partial charge in [-0.2, -0.15) is 0 Å². The maximum absolute atomic E-state index is 11.4. The van der Waals surface area contributed by atoms with E-state index in [2.05, 4.69) is 19.9 Å². The Hall–Kier alpha value is -2.67. The zero-order valence-electron chi connectivity index (χ0n) is 12.4. The lowest BCUT2D eigenvalue weighted by Crippen LogP contribution is -2.05. The van der Waals surface area contributed by atoms with Gasteiger partial charge in [-0.15, -0.1) is 10.2 Å². The molecule has 0 saturated heterocycles. The third-order valence-electron chi connectivity index (χ3n) is 3.11. The van der Waals surface area contributed by atoms with Gasteiger partial charge < -0.3 is 4.74 Å². The molecule has 2 heterocycles. The Bertz CT molecular complexity index is 790. The first-order valence-corrected chi connectivity index (χ1v) is 7.89. The highest BCUT2D eigenvalue weighted by Gasteiger charge is 2.17. The zero-order valence-corrected chi connectivity index (χ0v) is 13.2. The highest BCUT2D eigenvalue weighted by Crippen LogP contribution is 2.27. The summed E-state index contributed by atoms with van der Waals surface area (Å²) in [6.07, 6.45) is 3.44. The van der Waals surface area contributed by atoms with Crippen LogP contribution in [-0.2, 0) is 9.53 Å². The van der Waals surface area contributed by atoms with Gasteiger partial charge in [0.05, 0.1) is 12.9 Å². The van der Waals surface area contributed by atoms with Crippen LogP contribution in [0.25, 0.3) is 17.1 Å². The number of aromatic nitrogens is 4. The molecule has 0 aliphatic carbocycles. The van der Waals surface area contributed by atoms with E-state index in [0.29, 0.717) is 11.0 Å². The van der Waals surface area contributed by atoms with E-state index < -0.39 is 0 Å². The maximum Gasteiger partial charge on any atom is 0.316 e. The maximum atomic E-state index is 11.4. The van der Waals surface area contributed by atoms with Crippen molar-refractivity contribution in [3.05, 3.63) is 54.9 Å². The molecule has 0 saturated carbocycles. The predicted molar refractivity (Wildman–Crippen MR) is 87.3 cm³/mol. The van der Waals surface area contributed by atoms with Crippen LogP contribution in [0.4, 0.5) is 0 Å². The Morgan fingerprint density at radius 1 is 1.17 bits per heavy atom. The number of carbonyl (C=O) groups excluding carboxylic acids is 1. The van der Waals surface area contributed by atoms with Crippen molar-refractivity contribution >= 4 is 17.7 Å². The third kappa shape index (κ3) is 3.40. The molecule has 0 bridgehead atoms. The summed E-state index contributed by atoms with van der Waals surface area (Å²) in [6.45, 7) is 0. The van der Waals surface area contributed by atoms with Crippen molar-refractivity contribution in [3.63, 3.8) is 0 Å². The highest BCUT2D eigenvalue weighted by atomic mass is 32.2. The molecule has 2 aromatic heterocycles. The first-order chi connectivity index (χ1) is 11.3. The number of thioether (sulfide) groups is 1. The molecular formula is C16H14N4O2S. The van der Waals surface area contributed by atoms with Crippen molar-refractivity contribution < 1.29 is 9.53 Å². The number of methoxy groups -OCH3 is 1. The number of benzene rings is 1. The molecule has 6 nitrogen and oxygen atoms in total. The van der Waals surface area contributed by atoms with Crippen molar-refractivity contribution in [1.29, 1.82) is 0 Å². The molecule has 116 valence electrons. The molecule has 0 aliphatic rings. The Kier molecular flexibility index (Phi) is 4.68. The van der Waals surface area contributed by atoms with Gasteiger partial charge >= 0.3 is 5.97 Å². The van der Waals surface area contributed by atoms with Gasteiger partial charge in [0, 0.05) is 23.6 Å². The monoisotopic (exact) mass is 326 g/mol. The fourth-order valence-corrected chi connectivity index (χ4v) is 2.82.